The fraction of sp³-hybridized carbons (Fsp3) is 0.238. The fourth-order valence-corrected chi connectivity index (χ4v) is 5.04. The van der Waals surface area contributed by atoms with Gasteiger partial charge in [0.25, 0.3) is 0 Å². The van der Waals surface area contributed by atoms with Crippen molar-refractivity contribution in [1.29, 1.82) is 5.26 Å². The summed E-state index contributed by atoms with van der Waals surface area (Å²) >= 11 is 1.27. The number of hydrogen-bond acceptors (Lipinski definition) is 5. The molecule has 1 fully saturated rings. The number of methoxy groups -OCH3 is 1. The molecule has 5 nitrogen and oxygen atoms in total. The van der Waals surface area contributed by atoms with E-state index in [0.29, 0.717) is 21.9 Å². The van der Waals surface area contributed by atoms with Crippen LogP contribution in [0.1, 0.15) is 23.5 Å². The molecule has 2 aliphatic heterocycles. The van der Waals surface area contributed by atoms with E-state index in [9.17, 15) is 19.6 Å². The Morgan fingerprint density at radius 3 is 2.54 bits per heavy atom. The topological polar surface area (TPSA) is 73.6 Å². The number of benzene rings is 2. The van der Waals surface area contributed by atoms with Gasteiger partial charge in [-0.25, -0.2) is 4.39 Å². The maximum atomic E-state index is 13.3. The van der Waals surface area contributed by atoms with Crippen LogP contribution < -0.4 is 4.74 Å². The highest BCUT2D eigenvalue weighted by molar-refractivity contribution is 8.03. The molecule has 0 bridgehead atoms. The number of fused-ring (bicyclic) bond motifs is 1. The lowest BCUT2D eigenvalue weighted by atomic mass is 9.85. The zero-order valence-electron chi connectivity index (χ0n) is 15.1. The second-order valence-electron chi connectivity index (χ2n) is 6.70. The quantitative estimate of drug-likeness (QED) is 0.860. The van der Waals surface area contributed by atoms with Gasteiger partial charge in [0, 0.05) is 17.9 Å². The van der Waals surface area contributed by atoms with Gasteiger partial charge in [-0.1, -0.05) is 24.3 Å². The highest BCUT2D eigenvalue weighted by atomic mass is 32.2. The number of halogens is 1. The summed E-state index contributed by atoms with van der Waals surface area (Å²) < 4.78 is 18.5. The molecule has 2 heterocycles. The number of nitriles is 1. The molecule has 4 rings (SSSR count). The van der Waals surface area contributed by atoms with Gasteiger partial charge in [0.1, 0.15) is 11.6 Å². The van der Waals surface area contributed by atoms with Crippen LogP contribution in [-0.4, -0.2) is 28.8 Å². The Kier molecular flexibility index (Phi) is 4.61. The van der Waals surface area contributed by atoms with Crippen LogP contribution in [-0.2, 0) is 10.5 Å². The van der Waals surface area contributed by atoms with Crippen LogP contribution in [0.3, 0.4) is 0 Å². The number of carbonyl (C=O) groups is 1. The number of hydrogen-bond donors (Lipinski definition) is 1. The summed E-state index contributed by atoms with van der Waals surface area (Å²) in [7, 11) is 1.57. The highest BCUT2D eigenvalue weighted by Crippen LogP contribution is 2.51. The van der Waals surface area contributed by atoms with E-state index in [0.717, 1.165) is 5.56 Å². The first-order chi connectivity index (χ1) is 13.5. The number of allylic oxidation sites excluding steroid dienone is 1. The minimum Gasteiger partial charge on any atom is -0.497 e. The first kappa shape index (κ1) is 18.5. The van der Waals surface area contributed by atoms with Crippen molar-refractivity contribution in [2.45, 2.75) is 18.1 Å². The zero-order valence-corrected chi connectivity index (χ0v) is 15.9. The second kappa shape index (κ2) is 6.97. The van der Waals surface area contributed by atoms with E-state index in [-0.39, 0.29) is 24.0 Å². The summed E-state index contributed by atoms with van der Waals surface area (Å²) in [5.41, 5.74) is 0.117. The van der Waals surface area contributed by atoms with Gasteiger partial charge in [0.15, 0.2) is 5.72 Å². The Balaban J connectivity index is 1.77. The van der Waals surface area contributed by atoms with Crippen LogP contribution in [0.2, 0.25) is 0 Å². The lowest BCUT2D eigenvalue weighted by Crippen LogP contribution is -2.48. The lowest BCUT2D eigenvalue weighted by molar-refractivity contribution is -0.149. The highest BCUT2D eigenvalue weighted by Gasteiger charge is 2.51. The monoisotopic (exact) mass is 396 g/mol. The predicted molar refractivity (Wildman–Crippen MR) is 103 cm³/mol. The molecule has 0 aromatic heterocycles. The summed E-state index contributed by atoms with van der Waals surface area (Å²) in [5.74, 6) is -0.194. The van der Waals surface area contributed by atoms with Crippen LogP contribution in [0.25, 0.3) is 0 Å². The first-order valence-corrected chi connectivity index (χ1v) is 9.69. The van der Waals surface area contributed by atoms with Gasteiger partial charge < -0.3 is 9.84 Å². The number of nitrogens with zero attached hydrogens (tertiary/aromatic N) is 2. The molecule has 2 aromatic rings. The second-order valence-corrected chi connectivity index (χ2v) is 7.67. The molecular weight excluding hydrogens is 379 g/mol. The van der Waals surface area contributed by atoms with Crippen molar-refractivity contribution in [3.05, 3.63) is 76.1 Å². The minimum atomic E-state index is -1.60. The fourth-order valence-electron chi connectivity index (χ4n) is 3.68. The van der Waals surface area contributed by atoms with E-state index in [1.54, 1.807) is 19.2 Å². The number of ether oxygens (including phenoxy) is 1. The SMILES string of the molecule is COc1ccc([C@@H]2CC(=O)N3C(=C2C#N)SC[C@]3(O)c2ccc(F)cc2)cc1. The Morgan fingerprint density at radius 1 is 1.25 bits per heavy atom. The normalized spacial score (nSPS) is 24.1. The molecule has 1 saturated heterocycles. The van der Waals surface area contributed by atoms with Crippen LogP contribution >= 0.6 is 11.8 Å². The van der Waals surface area contributed by atoms with E-state index < -0.39 is 11.5 Å². The number of carbonyl (C=O) groups excluding carboxylic acids is 1. The number of amides is 1. The standard InChI is InChI=1S/C21H17FN2O3S/c1-27-16-8-2-13(3-9-16)17-10-19(25)24-20(18(17)11-23)28-12-21(24,26)14-4-6-15(22)7-5-14/h2-9,17,26H,10,12H2,1H3/t17-,21-/m0/s1. The van der Waals surface area contributed by atoms with Crippen molar-refractivity contribution in [1.82, 2.24) is 4.90 Å². The Morgan fingerprint density at radius 2 is 1.93 bits per heavy atom. The molecular formula is C21H17FN2O3S. The predicted octanol–water partition coefficient (Wildman–Crippen LogP) is 3.48. The summed E-state index contributed by atoms with van der Waals surface area (Å²) in [5, 5.41) is 21.5. The molecule has 2 aliphatic rings. The largest absolute Gasteiger partial charge is 0.497 e. The van der Waals surface area contributed by atoms with E-state index in [2.05, 4.69) is 6.07 Å². The maximum Gasteiger partial charge on any atom is 0.231 e. The van der Waals surface area contributed by atoms with Crippen LogP contribution in [0.4, 0.5) is 4.39 Å². The third kappa shape index (κ3) is 2.86. The molecule has 0 radical (unpaired) electrons. The van der Waals surface area contributed by atoms with Gasteiger partial charge in [0.05, 0.1) is 29.5 Å². The molecule has 0 saturated carbocycles. The van der Waals surface area contributed by atoms with Crippen molar-refractivity contribution in [2.24, 2.45) is 0 Å². The van der Waals surface area contributed by atoms with E-state index >= 15 is 0 Å². The van der Waals surface area contributed by atoms with E-state index in [1.807, 2.05) is 12.1 Å². The third-order valence-electron chi connectivity index (χ3n) is 5.14. The van der Waals surface area contributed by atoms with Crippen LogP contribution in [0.5, 0.6) is 5.75 Å². The summed E-state index contributed by atoms with van der Waals surface area (Å²) in [4.78, 5) is 14.3. The van der Waals surface area contributed by atoms with Crippen molar-refractivity contribution in [3.63, 3.8) is 0 Å². The van der Waals surface area contributed by atoms with Gasteiger partial charge in [-0.15, -0.1) is 11.8 Å². The summed E-state index contributed by atoms with van der Waals surface area (Å²) in [6.07, 6.45) is 0.0722. The molecule has 28 heavy (non-hydrogen) atoms. The lowest BCUT2D eigenvalue weighted by Gasteiger charge is -2.38. The van der Waals surface area contributed by atoms with E-state index in [1.165, 1.54) is 40.9 Å². The average Bonchev–Trinajstić information content (AvgIpc) is 3.07. The molecule has 142 valence electrons. The smallest absolute Gasteiger partial charge is 0.231 e. The van der Waals surface area contributed by atoms with Crippen molar-refractivity contribution >= 4 is 17.7 Å². The summed E-state index contributed by atoms with van der Waals surface area (Å²) in [6, 6.07) is 14.9. The first-order valence-electron chi connectivity index (χ1n) is 8.70. The maximum absolute atomic E-state index is 13.3. The van der Waals surface area contributed by atoms with Gasteiger partial charge >= 0.3 is 0 Å². The molecule has 2 atom stereocenters. The zero-order chi connectivity index (χ0) is 19.9. The Hall–Kier alpha value is -2.82. The van der Waals surface area contributed by atoms with Gasteiger partial charge in [-0.05, 0) is 29.8 Å². The Labute approximate surface area is 166 Å². The molecule has 0 spiro atoms. The molecule has 7 heteroatoms. The molecule has 0 unspecified atom stereocenters. The third-order valence-corrected chi connectivity index (χ3v) is 6.36. The Bertz CT molecular complexity index is 998. The van der Waals surface area contributed by atoms with Gasteiger partial charge in [0.2, 0.25) is 5.91 Å². The van der Waals surface area contributed by atoms with Crippen molar-refractivity contribution in [2.75, 3.05) is 12.9 Å². The van der Waals surface area contributed by atoms with Gasteiger partial charge in [-0.3, -0.25) is 9.69 Å². The van der Waals surface area contributed by atoms with Crippen molar-refractivity contribution < 1.29 is 19.0 Å². The van der Waals surface area contributed by atoms with Crippen LogP contribution in [0, 0.1) is 17.1 Å². The minimum absolute atomic E-state index is 0.0722. The van der Waals surface area contributed by atoms with Crippen molar-refractivity contribution in [3.8, 4) is 11.8 Å². The molecule has 0 aliphatic carbocycles. The number of rotatable bonds is 3. The van der Waals surface area contributed by atoms with Crippen LogP contribution in [0.15, 0.2) is 59.1 Å². The van der Waals surface area contributed by atoms with E-state index in [4.69, 9.17) is 4.74 Å². The summed E-state index contributed by atoms with van der Waals surface area (Å²) in [6.45, 7) is 0. The van der Waals surface area contributed by atoms with Gasteiger partial charge in [-0.2, -0.15) is 5.26 Å². The molecule has 2 aromatic carbocycles. The molecule has 1 N–H and O–H groups in total. The average molecular weight is 396 g/mol. The number of aliphatic hydroxyl groups is 1. The molecule has 1 amide bonds. The number of thioether (sulfide) groups is 1.